The molecule has 4 nitrogen and oxygen atoms in total. The number of thiazole rings is 1. The summed E-state index contributed by atoms with van der Waals surface area (Å²) in [5, 5.41) is 3.69. The molecule has 4 rings (SSSR count). The molecule has 1 aliphatic rings. The topological polar surface area (TPSA) is 46.4 Å². The first-order valence-electron chi connectivity index (χ1n) is 9.22. The third kappa shape index (κ3) is 4.19. The van der Waals surface area contributed by atoms with E-state index in [4.69, 9.17) is 0 Å². The number of aryl methyl sites for hydroxylation is 1. The van der Waals surface area contributed by atoms with Gasteiger partial charge in [-0.2, -0.15) is 0 Å². The number of hydrogen-bond donors (Lipinski definition) is 1. The molecular formula is C20H22FN3OS2. The predicted octanol–water partition coefficient (Wildman–Crippen LogP) is 4.80. The zero-order valence-corrected chi connectivity index (χ0v) is 16.8. The number of nitrogens with zero attached hydrogens (tertiary/aromatic N) is 2. The van der Waals surface area contributed by atoms with E-state index in [1.165, 1.54) is 37.8 Å². The van der Waals surface area contributed by atoms with Gasteiger partial charge in [-0.15, -0.1) is 11.8 Å². The van der Waals surface area contributed by atoms with E-state index >= 15 is 0 Å². The number of halogens is 1. The number of aromatic nitrogens is 2. The van der Waals surface area contributed by atoms with E-state index in [1.807, 2.05) is 17.5 Å². The molecule has 1 amide bonds. The largest absolute Gasteiger partial charge is 0.350 e. The van der Waals surface area contributed by atoms with Crippen molar-refractivity contribution < 1.29 is 9.18 Å². The van der Waals surface area contributed by atoms with E-state index < -0.39 is 0 Å². The number of fused-ring (bicyclic) bond motifs is 1. The highest BCUT2D eigenvalue weighted by atomic mass is 32.2. The van der Waals surface area contributed by atoms with Crippen molar-refractivity contribution in [3.05, 3.63) is 46.9 Å². The van der Waals surface area contributed by atoms with Crippen LogP contribution in [0.15, 0.2) is 30.5 Å². The average molecular weight is 404 g/mol. The number of rotatable bonds is 6. The molecule has 0 atom stereocenters. The maximum atomic E-state index is 13.1. The summed E-state index contributed by atoms with van der Waals surface area (Å²) in [5.74, 6) is 0.394. The fourth-order valence-electron chi connectivity index (χ4n) is 3.40. The van der Waals surface area contributed by atoms with Crippen molar-refractivity contribution in [2.45, 2.75) is 44.4 Å². The Morgan fingerprint density at radius 3 is 2.78 bits per heavy atom. The van der Waals surface area contributed by atoms with Gasteiger partial charge in [0.05, 0.1) is 18.0 Å². The van der Waals surface area contributed by atoms with Gasteiger partial charge in [-0.3, -0.25) is 9.20 Å². The molecule has 0 spiro atoms. The van der Waals surface area contributed by atoms with Crippen LogP contribution in [0.2, 0.25) is 0 Å². The SMILES string of the molecule is Cc1c(CNC(=O)CSC2CCCC2)sc2nc(-c3ccc(F)cc3)cn12. The third-order valence-corrected chi connectivity index (χ3v) is 7.52. The molecule has 142 valence electrons. The number of hydrogen-bond acceptors (Lipinski definition) is 4. The lowest BCUT2D eigenvalue weighted by atomic mass is 10.2. The van der Waals surface area contributed by atoms with Crippen LogP contribution in [0, 0.1) is 12.7 Å². The molecular weight excluding hydrogens is 381 g/mol. The number of amides is 1. The molecule has 3 aromatic rings. The number of carbonyl (C=O) groups excluding carboxylic acids is 1. The Morgan fingerprint density at radius 2 is 2.07 bits per heavy atom. The highest BCUT2D eigenvalue weighted by Crippen LogP contribution is 2.29. The first kappa shape index (κ1) is 18.5. The van der Waals surface area contributed by atoms with Gasteiger partial charge in [0.2, 0.25) is 5.91 Å². The normalized spacial score (nSPS) is 14.9. The quantitative estimate of drug-likeness (QED) is 0.643. The molecule has 0 unspecified atom stereocenters. The second-order valence-electron chi connectivity index (χ2n) is 6.89. The molecule has 0 aliphatic heterocycles. The highest BCUT2D eigenvalue weighted by Gasteiger charge is 2.17. The molecule has 2 heterocycles. The van der Waals surface area contributed by atoms with Crippen LogP contribution in [0.3, 0.4) is 0 Å². The lowest BCUT2D eigenvalue weighted by molar-refractivity contribution is -0.118. The summed E-state index contributed by atoms with van der Waals surface area (Å²) in [7, 11) is 0. The molecule has 1 N–H and O–H groups in total. The summed E-state index contributed by atoms with van der Waals surface area (Å²) in [5.41, 5.74) is 2.80. The van der Waals surface area contributed by atoms with Crippen molar-refractivity contribution in [2.75, 3.05) is 5.75 Å². The molecule has 0 saturated heterocycles. The number of benzene rings is 1. The fourth-order valence-corrected chi connectivity index (χ4v) is 5.59. The molecule has 0 bridgehead atoms. The second kappa shape index (κ2) is 8.02. The Labute approximate surface area is 166 Å². The van der Waals surface area contributed by atoms with Crippen LogP contribution in [0.25, 0.3) is 16.2 Å². The van der Waals surface area contributed by atoms with Crippen molar-refractivity contribution >= 4 is 34.0 Å². The van der Waals surface area contributed by atoms with Crippen LogP contribution in [-0.4, -0.2) is 26.3 Å². The van der Waals surface area contributed by atoms with Gasteiger partial charge in [-0.25, -0.2) is 9.37 Å². The van der Waals surface area contributed by atoms with Gasteiger partial charge in [0.15, 0.2) is 4.96 Å². The highest BCUT2D eigenvalue weighted by molar-refractivity contribution is 8.00. The van der Waals surface area contributed by atoms with Gasteiger partial charge in [-0.1, -0.05) is 24.2 Å². The van der Waals surface area contributed by atoms with Crippen LogP contribution >= 0.6 is 23.1 Å². The third-order valence-electron chi connectivity index (χ3n) is 4.99. The van der Waals surface area contributed by atoms with Crippen LogP contribution in [0.5, 0.6) is 0 Å². The van der Waals surface area contributed by atoms with Crippen LogP contribution < -0.4 is 5.32 Å². The second-order valence-corrected chi connectivity index (χ2v) is 9.24. The standard InChI is InChI=1S/C20H22FN3OS2/c1-13-18(10-22-19(25)12-26-16-4-2-3-5-16)27-20-23-17(11-24(13)20)14-6-8-15(21)9-7-14/h6-9,11,16H,2-5,10,12H2,1H3,(H,22,25). The van der Waals surface area contributed by atoms with Gasteiger partial charge in [0.25, 0.3) is 0 Å². The minimum atomic E-state index is -0.250. The van der Waals surface area contributed by atoms with Crippen molar-refractivity contribution in [1.82, 2.24) is 14.7 Å². The van der Waals surface area contributed by atoms with Crippen molar-refractivity contribution in [3.8, 4) is 11.3 Å². The fraction of sp³-hybridized carbons (Fsp3) is 0.400. The minimum absolute atomic E-state index is 0.101. The molecule has 0 radical (unpaired) electrons. The van der Waals surface area contributed by atoms with Crippen LogP contribution in [-0.2, 0) is 11.3 Å². The molecule has 1 aromatic carbocycles. The summed E-state index contributed by atoms with van der Waals surface area (Å²) in [6.45, 7) is 2.57. The monoisotopic (exact) mass is 403 g/mol. The Kier molecular flexibility index (Phi) is 5.50. The van der Waals surface area contributed by atoms with Crippen molar-refractivity contribution in [1.29, 1.82) is 0 Å². The number of carbonyl (C=O) groups is 1. The Morgan fingerprint density at radius 1 is 1.33 bits per heavy atom. The molecule has 27 heavy (non-hydrogen) atoms. The van der Waals surface area contributed by atoms with E-state index in [1.54, 1.807) is 35.2 Å². The van der Waals surface area contributed by atoms with Gasteiger partial charge in [0.1, 0.15) is 5.82 Å². The van der Waals surface area contributed by atoms with E-state index in [9.17, 15) is 9.18 Å². The lowest BCUT2D eigenvalue weighted by Crippen LogP contribution is -2.25. The van der Waals surface area contributed by atoms with Crippen molar-refractivity contribution in [3.63, 3.8) is 0 Å². The Hall–Kier alpha value is -1.86. The number of imidazole rings is 1. The molecule has 1 fully saturated rings. The lowest BCUT2D eigenvalue weighted by Gasteiger charge is -2.08. The zero-order chi connectivity index (χ0) is 18.8. The van der Waals surface area contributed by atoms with E-state index in [0.717, 1.165) is 26.8 Å². The first-order chi connectivity index (χ1) is 13.1. The molecule has 2 aromatic heterocycles. The maximum Gasteiger partial charge on any atom is 0.230 e. The van der Waals surface area contributed by atoms with Gasteiger partial charge >= 0.3 is 0 Å². The van der Waals surface area contributed by atoms with Gasteiger partial charge in [0, 0.05) is 27.6 Å². The number of nitrogens with one attached hydrogen (secondary N) is 1. The van der Waals surface area contributed by atoms with Gasteiger partial charge < -0.3 is 5.32 Å². The maximum absolute atomic E-state index is 13.1. The summed E-state index contributed by atoms with van der Waals surface area (Å²) >= 11 is 3.37. The summed E-state index contributed by atoms with van der Waals surface area (Å²) in [6.07, 6.45) is 7.06. The van der Waals surface area contributed by atoms with Crippen molar-refractivity contribution in [2.24, 2.45) is 0 Å². The summed E-state index contributed by atoms with van der Waals surface area (Å²) in [6, 6.07) is 6.36. The molecule has 1 saturated carbocycles. The number of thioether (sulfide) groups is 1. The summed E-state index contributed by atoms with van der Waals surface area (Å²) < 4.78 is 15.1. The Balaban J connectivity index is 1.39. The molecule has 7 heteroatoms. The van der Waals surface area contributed by atoms with Crippen LogP contribution in [0.1, 0.15) is 36.3 Å². The van der Waals surface area contributed by atoms with E-state index in [0.29, 0.717) is 17.5 Å². The van der Waals surface area contributed by atoms with E-state index in [-0.39, 0.29) is 11.7 Å². The van der Waals surface area contributed by atoms with Crippen LogP contribution in [0.4, 0.5) is 4.39 Å². The summed E-state index contributed by atoms with van der Waals surface area (Å²) in [4.78, 5) is 18.8. The Bertz CT molecular complexity index is 942. The zero-order valence-electron chi connectivity index (χ0n) is 15.2. The van der Waals surface area contributed by atoms with Gasteiger partial charge in [-0.05, 0) is 44.0 Å². The smallest absolute Gasteiger partial charge is 0.230 e. The average Bonchev–Trinajstić information content (AvgIpc) is 3.38. The molecule has 1 aliphatic carbocycles. The minimum Gasteiger partial charge on any atom is -0.350 e. The first-order valence-corrected chi connectivity index (χ1v) is 11.1. The predicted molar refractivity (Wildman–Crippen MR) is 110 cm³/mol. The van der Waals surface area contributed by atoms with E-state index in [2.05, 4.69) is 10.3 Å².